The molecule has 0 aromatic carbocycles. The summed E-state index contributed by atoms with van der Waals surface area (Å²) in [6.45, 7) is 9.10. The van der Waals surface area contributed by atoms with Crippen LogP contribution >= 0.6 is 0 Å². The summed E-state index contributed by atoms with van der Waals surface area (Å²) in [6, 6.07) is 3.99. The molecule has 0 aliphatic carbocycles. The summed E-state index contributed by atoms with van der Waals surface area (Å²) in [5, 5.41) is 0. The quantitative estimate of drug-likeness (QED) is 0.780. The van der Waals surface area contributed by atoms with E-state index in [2.05, 4.69) is 14.7 Å². The summed E-state index contributed by atoms with van der Waals surface area (Å²) < 4.78 is 16.6. The van der Waals surface area contributed by atoms with Gasteiger partial charge in [0.1, 0.15) is 11.6 Å². The van der Waals surface area contributed by atoms with Gasteiger partial charge in [-0.15, -0.1) is 0 Å². The van der Waals surface area contributed by atoms with Crippen molar-refractivity contribution in [3.63, 3.8) is 0 Å². The lowest BCUT2D eigenvalue weighted by Gasteiger charge is -2.36. The van der Waals surface area contributed by atoms with Gasteiger partial charge in [0.05, 0.1) is 44.9 Å². The molecule has 0 bridgehead atoms. The third kappa shape index (κ3) is 3.72. The van der Waals surface area contributed by atoms with E-state index in [1.807, 2.05) is 12.1 Å². The van der Waals surface area contributed by atoms with Crippen molar-refractivity contribution in [1.82, 2.24) is 14.9 Å². The number of nitrogens with zero attached hydrogens (tertiary/aromatic N) is 5. The Morgan fingerprint density at radius 2 is 1.64 bits per heavy atom. The van der Waals surface area contributed by atoms with Crippen LogP contribution in [0, 0.1) is 0 Å². The van der Waals surface area contributed by atoms with E-state index >= 15 is 0 Å². The minimum atomic E-state index is 0.740. The molecule has 0 amide bonds. The van der Waals surface area contributed by atoms with Crippen molar-refractivity contribution < 1.29 is 13.9 Å². The molecule has 150 valence electrons. The van der Waals surface area contributed by atoms with Gasteiger partial charge in [0.15, 0.2) is 0 Å². The van der Waals surface area contributed by atoms with E-state index in [1.54, 1.807) is 6.26 Å². The van der Waals surface area contributed by atoms with E-state index in [4.69, 9.17) is 23.9 Å². The molecule has 2 aromatic rings. The Morgan fingerprint density at radius 1 is 0.893 bits per heavy atom. The predicted octanol–water partition coefficient (Wildman–Crippen LogP) is 1.30. The fourth-order valence-corrected chi connectivity index (χ4v) is 4.14. The molecule has 0 saturated carbocycles. The van der Waals surface area contributed by atoms with Gasteiger partial charge in [-0.05, 0) is 12.1 Å². The molecule has 0 radical (unpaired) electrons. The number of furan rings is 1. The van der Waals surface area contributed by atoms with Crippen molar-refractivity contribution in [1.29, 1.82) is 0 Å². The molecule has 3 aliphatic rings. The zero-order valence-electron chi connectivity index (χ0n) is 16.2. The first-order valence-corrected chi connectivity index (χ1v) is 10.2. The Bertz CT molecular complexity index is 785. The maximum atomic E-state index is 5.57. The molecular formula is C20H27N5O3. The third-order valence-corrected chi connectivity index (χ3v) is 5.67. The highest BCUT2D eigenvalue weighted by Crippen LogP contribution is 2.30. The number of morpholine rings is 2. The van der Waals surface area contributed by atoms with Crippen LogP contribution in [0.5, 0.6) is 0 Å². The van der Waals surface area contributed by atoms with Gasteiger partial charge in [-0.1, -0.05) is 0 Å². The van der Waals surface area contributed by atoms with Crippen molar-refractivity contribution in [3.05, 3.63) is 35.4 Å². The van der Waals surface area contributed by atoms with Crippen LogP contribution in [0.15, 0.2) is 22.8 Å². The maximum Gasteiger partial charge on any atom is 0.227 e. The van der Waals surface area contributed by atoms with Crippen LogP contribution in [0.25, 0.3) is 0 Å². The lowest BCUT2D eigenvalue weighted by atomic mass is 10.1. The highest BCUT2D eigenvalue weighted by atomic mass is 16.5. The van der Waals surface area contributed by atoms with E-state index in [0.717, 1.165) is 96.2 Å². The molecule has 2 aromatic heterocycles. The average Bonchev–Trinajstić information content (AvgIpc) is 3.27. The Balaban J connectivity index is 1.45. The summed E-state index contributed by atoms with van der Waals surface area (Å²) in [6.07, 6.45) is 2.68. The Morgan fingerprint density at radius 3 is 2.36 bits per heavy atom. The van der Waals surface area contributed by atoms with Crippen LogP contribution in [0.3, 0.4) is 0 Å². The second-order valence-electron chi connectivity index (χ2n) is 7.51. The largest absolute Gasteiger partial charge is 0.468 e. The first kappa shape index (κ1) is 17.9. The van der Waals surface area contributed by atoms with Gasteiger partial charge in [0.25, 0.3) is 0 Å². The number of rotatable bonds is 4. The fraction of sp³-hybridized carbons (Fsp3) is 0.600. The number of hydrogen-bond donors (Lipinski definition) is 0. The van der Waals surface area contributed by atoms with E-state index in [0.29, 0.717) is 0 Å². The second-order valence-corrected chi connectivity index (χ2v) is 7.51. The van der Waals surface area contributed by atoms with E-state index < -0.39 is 0 Å². The van der Waals surface area contributed by atoms with Crippen molar-refractivity contribution in [2.24, 2.45) is 0 Å². The normalized spacial score (nSPS) is 21.0. The average molecular weight is 385 g/mol. The number of hydrogen-bond acceptors (Lipinski definition) is 8. The van der Waals surface area contributed by atoms with Crippen LogP contribution < -0.4 is 9.80 Å². The Labute approximate surface area is 165 Å². The van der Waals surface area contributed by atoms with Gasteiger partial charge in [-0.25, -0.2) is 4.98 Å². The third-order valence-electron chi connectivity index (χ3n) is 5.67. The van der Waals surface area contributed by atoms with E-state index in [-0.39, 0.29) is 0 Å². The second kappa shape index (κ2) is 8.06. The Kier molecular flexibility index (Phi) is 5.16. The maximum absolute atomic E-state index is 5.57. The zero-order chi connectivity index (χ0) is 18.8. The molecule has 0 atom stereocenters. The summed E-state index contributed by atoms with van der Waals surface area (Å²) in [7, 11) is 0. The van der Waals surface area contributed by atoms with Crippen LogP contribution in [0.1, 0.15) is 17.0 Å². The molecule has 5 rings (SSSR count). The van der Waals surface area contributed by atoms with Gasteiger partial charge in [0.2, 0.25) is 5.95 Å². The summed E-state index contributed by atoms with van der Waals surface area (Å²) in [5.74, 6) is 2.93. The Hall–Kier alpha value is -2.16. The van der Waals surface area contributed by atoms with Gasteiger partial charge < -0.3 is 23.7 Å². The molecule has 28 heavy (non-hydrogen) atoms. The highest BCUT2D eigenvalue weighted by Gasteiger charge is 2.28. The van der Waals surface area contributed by atoms with Crippen LogP contribution in [0.4, 0.5) is 11.8 Å². The molecule has 0 unspecified atom stereocenters. The molecule has 2 saturated heterocycles. The fourth-order valence-electron chi connectivity index (χ4n) is 4.14. The van der Waals surface area contributed by atoms with Crippen molar-refractivity contribution in [2.75, 3.05) is 69.0 Å². The molecule has 2 fully saturated rings. The molecule has 5 heterocycles. The molecule has 3 aliphatic heterocycles. The van der Waals surface area contributed by atoms with Gasteiger partial charge in [-0.3, -0.25) is 4.90 Å². The van der Waals surface area contributed by atoms with Crippen LogP contribution in [-0.2, 0) is 29.0 Å². The summed E-state index contributed by atoms with van der Waals surface area (Å²) >= 11 is 0. The van der Waals surface area contributed by atoms with Crippen molar-refractivity contribution in [3.8, 4) is 0 Å². The van der Waals surface area contributed by atoms with E-state index in [9.17, 15) is 0 Å². The SMILES string of the molecule is c1coc(CN2CCc3nc(N4CCOCC4)nc(N4CCOCC4)c3C2)c1. The predicted molar refractivity (Wildman–Crippen MR) is 105 cm³/mol. The number of aromatic nitrogens is 2. The van der Waals surface area contributed by atoms with E-state index in [1.165, 1.54) is 11.3 Å². The molecular weight excluding hydrogens is 358 g/mol. The smallest absolute Gasteiger partial charge is 0.227 e. The molecule has 0 N–H and O–H groups in total. The van der Waals surface area contributed by atoms with Gasteiger partial charge >= 0.3 is 0 Å². The minimum Gasteiger partial charge on any atom is -0.468 e. The minimum absolute atomic E-state index is 0.740. The lowest BCUT2D eigenvalue weighted by Crippen LogP contribution is -2.41. The topological polar surface area (TPSA) is 67.1 Å². The highest BCUT2D eigenvalue weighted by molar-refractivity contribution is 5.54. The monoisotopic (exact) mass is 385 g/mol. The van der Waals surface area contributed by atoms with Crippen molar-refractivity contribution in [2.45, 2.75) is 19.5 Å². The lowest BCUT2D eigenvalue weighted by molar-refractivity contribution is 0.121. The first-order valence-electron chi connectivity index (χ1n) is 10.2. The standard InChI is InChI=1S/C20H27N5O3/c1-2-16(28-9-1)14-23-4-3-18-17(15-23)19(24-5-10-26-11-6-24)22-20(21-18)25-7-12-27-13-8-25/h1-2,9H,3-8,10-15H2. The summed E-state index contributed by atoms with van der Waals surface area (Å²) in [5.41, 5.74) is 2.45. The molecule has 0 spiro atoms. The van der Waals surface area contributed by atoms with Gasteiger partial charge in [0, 0.05) is 51.3 Å². The number of fused-ring (bicyclic) bond motifs is 1. The van der Waals surface area contributed by atoms with Crippen LogP contribution in [0.2, 0.25) is 0 Å². The van der Waals surface area contributed by atoms with Crippen LogP contribution in [-0.4, -0.2) is 74.0 Å². The van der Waals surface area contributed by atoms with Gasteiger partial charge in [-0.2, -0.15) is 4.98 Å². The zero-order valence-corrected chi connectivity index (χ0v) is 16.2. The number of anilines is 2. The number of ether oxygens (including phenoxy) is 2. The van der Waals surface area contributed by atoms with Crippen molar-refractivity contribution >= 4 is 11.8 Å². The first-order chi connectivity index (χ1) is 13.9. The summed E-state index contributed by atoms with van der Waals surface area (Å²) in [4.78, 5) is 17.1. The molecule has 8 heteroatoms. The molecule has 8 nitrogen and oxygen atoms in total.